The molecule has 1 aromatic rings. The van der Waals surface area contributed by atoms with Gasteiger partial charge < -0.3 is 35.7 Å². The molecule has 5 unspecified atom stereocenters. The SMILES string of the molecule is CC#C[C@]1(O)CCC2C3CCC4=CC(=O)CCC4=C3[C@@H](c3ccc(N(C)C(=O)CC[C@H](NC(=O)CC[C@@H](C)[C@H]4CCC5C6C(C[C@H](O)[C@@]54C)[C@@]4(C)CC[C@@H](O)C[C@H]4C[C@H]6O)C(=O)O)cc3)C[C@@]21C. The number of carbonyl (C=O) groups excluding carboxylic acids is 3. The van der Waals surface area contributed by atoms with Gasteiger partial charge >= 0.3 is 5.97 Å². The van der Waals surface area contributed by atoms with E-state index in [9.17, 15) is 44.7 Å². The summed E-state index contributed by atoms with van der Waals surface area (Å²) >= 11 is 0. The second-order valence-corrected chi connectivity index (χ2v) is 23.9. The molecule has 370 valence electrons. The Hall–Kier alpha value is -3.82. The molecule has 2 amide bonds. The number of aliphatic hydroxyl groups is 4. The average molecular weight is 935 g/mol. The monoisotopic (exact) mass is 935 g/mol. The summed E-state index contributed by atoms with van der Waals surface area (Å²) in [4.78, 5) is 53.6. The zero-order valence-corrected chi connectivity index (χ0v) is 41.4. The molecule has 0 spiro atoms. The van der Waals surface area contributed by atoms with Crippen LogP contribution in [-0.2, 0) is 19.2 Å². The lowest BCUT2D eigenvalue weighted by Gasteiger charge is -2.63. The molecule has 8 aliphatic rings. The van der Waals surface area contributed by atoms with E-state index in [1.165, 1.54) is 21.6 Å². The largest absolute Gasteiger partial charge is 0.480 e. The molecule has 6 saturated carbocycles. The van der Waals surface area contributed by atoms with E-state index in [0.29, 0.717) is 49.6 Å². The molecular weight excluding hydrogens is 857 g/mol. The topological polar surface area (TPSA) is 185 Å². The van der Waals surface area contributed by atoms with Gasteiger partial charge in [0, 0.05) is 43.3 Å². The number of hydrogen-bond donors (Lipinski definition) is 6. The zero-order valence-electron chi connectivity index (χ0n) is 41.4. The minimum absolute atomic E-state index is 0.00520. The number of carboxylic acid groups (broad SMARTS) is 1. The van der Waals surface area contributed by atoms with E-state index in [1.807, 2.05) is 18.2 Å². The van der Waals surface area contributed by atoms with Gasteiger partial charge in [-0.2, -0.15) is 0 Å². The number of rotatable bonds is 11. The number of aliphatic carboxylic acids is 1. The highest BCUT2D eigenvalue weighted by Crippen LogP contribution is 2.69. The van der Waals surface area contributed by atoms with Crippen LogP contribution in [0.5, 0.6) is 0 Å². The number of nitrogens with one attached hydrogen (secondary N) is 1. The molecule has 0 aliphatic heterocycles. The number of carbonyl (C=O) groups is 4. The maximum atomic E-state index is 13.6. The van der Waals surface area contributed by atoms with Crippen LogP contribution in [0, 0.1) is 75.4 Å². The Bertz CT molecular complexity index is 2290. The van der Waals surface area contributed by atoms with Gasteiger partial charge in [-0.15, -0.1) is 5.92 Å². The summed E-state index contributed by atoms with van der Waals surface area (Å²) in [6, 6.07) is 6.78. The summed E-state index contributed by atoms with van der Waals surface area (Å²) in [7, 11) is 1.68. The average Bonchev–Trinajstić information content (AvgIpc) is 3.80. The molecule has 6 fully saturated rings. The fourth-order valence-corrected chi connectivity index (χ4v) is 17.1. The summed E-state index contributed by atoms with van der Waals surface area (Å²) in [6.07, 6.45) is 12.1. The summed E-state index contributed by atoms with van der Waals surface area (Å²) in [6.45, 7) is 10.7. The number of allylic oxidation sites excluding steroid dienone is 4. The van der Waals surface area contributed by atoms with Gasteiger partial charge in [0.25, 0.3) is 0 Å². The van der Waals surface area contributed by atoms with E-state index < -0.39 is 40.7 Å². The normalized spacial score (nSPS) is 41.2. The van der Waals surface area contributed by atoms with Crippen LogP contribution in [-0.4, -0.2) is 86.1 Å². The minimum Gasteiger partial charge on any atom is -0.480 e. The van der Waals surface area contributed by atoms with Crippen LogP contribution >= 0.6 is 0 Å². The van der Waals surface area contributed by atoms with Gasteiger partial charge in [-0.05, 0) is 196 Å². The molecule has 8 aliphatic carbocycles. The molecule has 9 rings (SSSR count). The van der Waals surface area contributed by atoms with Crippen LogP contribution in [0.4, 0.5) is 5.69 Å². The Morgan fingerprint density at radius 3 is 2.35 bits per heavy atom. The smallest absolute Gasteiger partial charge is 0.326 e. The Kier molecular flexibility index (Phi) is 13.3. The highest BCUT2D eigenvalue weighted by molar-refractivity contribution is 5.94. The van der Waals surface area contributed by atoms with E-state index in [2.05, 4.69) is 57.0 Å². The molecule has 0 radical (unpaired) electrons. The maximum absolute atomic E-state index is 13.6. The Morgan fingerprint density at radius 2 is 1.63 bits per heavy atom. The van der Waals surface area contributed by atoms with Crippen molar-refractivity contribution in [3.05, 3.63) is 52.6 Å². The summed E-state index contributed by atoms with van der Waals surface area (Å²) in [5, 5.41) is 59.1. The van der Waals surface area contributed by atoms with Crippen LogP contribution in [0.3, 0.4) is 0 Å². The molecule has 11 heteroatoms. The van der Waals surface area contributed by atoms with Crippen molar-refractivity contribution in [3.8, 4) is 11.8 Å². The van der Waals surface area contributed by atoms with Crippen LogP contribution in [0.1, 0.15) is 162 Å². The van der Waals surface area contributed by atoms with Gasteiger partial charge in [0.1, 0.15) is 11.6 Å². The van der Waals surface area contributed by atoms with Crippen molar-refractivity contribution in [3.63, 3.8) is 0 Å². The lowest BCUT2D eigenvalue weighted by Crippen LogP contribution is -2.62. The first-order valence-electron chi connectivity index (χ1n) is 26.3. The Labute approximate surface area is 404 Å². The summed E-state index contributed by atoms with van der Waals surface area (Å²) < 4.78 is 0. The quantitative estimate of drug-likeness (QED) is 0.120. The van der Waals surface area contributed by atoms with Crippen LogP contribution in [0.25, 0.3) is 0 Å². The molecule has 11 nitrogen and oxygen atoms in total. The van der Waals surface area contributed by atoms with E-state index in [4.69, 9.17) is 0 Å². The Balaban J connectivity index is 0.815. The fraction of sp³-hybridized carbons (Fsp3) is 0.719. The first-order chi connectivity index (χ1) is 32.2. The number of anilines is 1. The number of amides is 2. The maximum Gasteiger partial charge on any atom is 0.326 e. The predicted octanol–water partition coefficient (Wildman–Crippen LogP) is 8.03. The van der Waals surface area contributed by atoms with Crippen molar-refractivity contribution in [2.75, 3.05) is 11.9 Å². The molecule has 0 heterocycles. The minimum atomic E-state index is -1.23. The lowest BCUT2D eigenvalue weighted by atomic mass is 9.43. The van der Waals surface area contributed by atoms with Crippen molar-refractivity contribution in [1.29, 1.82) is 0 Å². The number of carboxylic acids is 1. The molecule has 6 N–H and O–H groups in total. The third-order valence-electron chi connectivity index (χ3n) is 20.9. The van der Waals surface area contributed by atoms with Gasteiger partial charge in [0.2, 0.25) is 11.8 Å². The molecule has 17 atom stereocenters. The van der Waals surface area contributed by atoms with Crippen LogP contribution in [0.2, 0.25) is 0 Å². The predicted molar refractivity (Wildman–Crippen MR) is 260 cm³/mol. The van der Waals surface area contributed by atoms with Crippen LogP contribution in [0.15, 0.2) is 47.1 Å². The zero-order chi connectivity index (χ0) is 48.7. The second kappa shape index (κ2) is 18.4. The Morgan fingerprint density at radius 1 is 0.882 bits per heavy atom. The first kappa shape index (κ1) is 49.2. The van der Waals surface area contributed by atoms with Crippen molar-refractivity contribution in [2.24, 2.45) is 63.6 Å². The number of benzene rings is 1. The number of fused-ring (bicyclic) bond motifs is 9. The third kappa shape index (κ3) is 8.13. The molecule has 0 bridgehead atoms. The lowest BCUT2D eigenvalue weighted by molar-refractivity contribution is -0.207. The third-order valence-corrected chi connectivity index (χ3v) is 20.9. The second-order valence-electron chi connectivity index (χ2n) is 23.9. The van der Waals surface area contributed by atoms with E-state index >= 15 is 0 Å². The van der Waals surface area contributed by atoms with Gasteiger partial charge in [0.05, 0.1) is 18.3 Å². The van der Waals surface area contributed by atoms with Crippen molar-refractivity contribution >= 4 is 29.3 Å². The van der Waals surface area contributed by atoms with E-state index in [0.717, 1.165) is 69.8 Å². The fourth-order valence-electron chi connectivity index (χ4n) is 17.1. The van der Waals surface area contributed by atoms with Crippen molar-refractivity contribution < 1.29 is 44.7 Å². The van der Waals surface area contributed by atoms with Crippen molar-refractivity contribution in [1.82, 2.24) is 5.32 Å². The highest BCUT2D eigenvalue weighted by Gasteiger charge is 2.66. The van der Waals surface area contributed by atoms with E-state index in [1.54, 1.807) is 14.0 Å². The summed E-state index contributed by atoms with van der Waals surface area (Å²) in [5.74, 6) is 6.21. The van der Waals surface area contributed by atoms with Crippen LogP contribution < -0.4 is 10.2 Å². The number of nitrogens with zero attached hydrogens (tertiary/aromatic N) is 1. The first-order valence-corrected chi connectivity index (χ1v) is 26.3. The van der Waals surface area contributed by atoms with Gasteiger partial charge in [0.15, 0.2) is 5.78 Å². The molecule has 0 aromatic heterocycles. The molecular formula is C57H78N2O9. The molecule has 0 saturated heterocycles. The number of ketones is 1. The molecule has 1 aromatic carbocycles. The highest BCUT2D eigenvalue weighted by atomic mass is 16.4. The summed E-state index contributed by atoms with van der Waals surface area (Å²) in [5.41, 5.74) is 3.79. The van der Waals surface area contributed by atoms with Gasteiger partial charge in [-0.25, -0.2) is 4.79 Å². The standard InChI is InChI=1S/C57H78N2O9/c1-7-24-57(68)26-23-43-40-15-11-34-27-37(60)14-16-39(34)51(40)41(31-55(43,57)4)33-9-12-36(13-10-33)59(6)50(65)21-19-46(53(66)67)58-49(64)20-8-32(2)42-17-18-44-52-45(30-48(63)56(42,44)5)54(3)25-22-38(61)28-35(54)29-47(52)62/h9-10,12-13,27,32,35,38,40-48,52,61-63,68H,8,11,14-23,25-26,28-31H2,1-6H3,(H,58,64)(H,66,67)/t32-,35+,38-,40?,41-,42-,43?,44?,45?,46+,47-,48+,52?,54+,55+,56-,57+/m1/s1. The van der Waals surface area contributed by atoms with Gasteiger partial charge in [-0.1, -0.05) is 51.3 Å². The van der Waals surface area contributed by atoms with Crippen molar-refractivity contribution in [2.45, 2.75) is 186 Å². The van der Waals surface area contributed by atoms with E-state index in [-0.39, 0.29) is 89.8 Å². The number of hydrogen-bond acceptors (Lipinski definition) is 8. The molecule has 68 heavy (non-hydrogen) atoms. The van der Waals surface area contributed by atoms with Gasteiger partial charge in [-0.3, -0.25) is 14.4 Å². The number of aliphatic hydroxyl groups excluding tert-OH is 3.